The van der Waals surface area contributed by atoms with Gasteiger partial charge in [-0.1, -0.05) is 12.1 Å². The minimum atomic E-state index is 0.787. The van der Waals surface area contributed by atoms with E-state index in [1.807, 2.05) is 24.1 Å². The van der Waals surface area contributed by atoms with Gasteiger partial charge in [0.15, 0.2) is 0 Å². The fraction of sp³-hybridized carbons (Fsp3) is 0.400. The number of para-hydroxylation sites is 2. The molecule has 1 N–H and O–H groups in total. The van der Waals surface area contributed by atoms with E-state index in [9.17, 15) is 0 Å². The molecule has 0 unspecified atom stereocenters. The van der Waals surface area contributed by atoms with Crippen LogP contribution in [0.5, 0.6) is 0 Å². The summed E-state index contributed by atoms with van der Waals surface area (Å²) >= 11 is 0. The van der Waals surface area contributed by atoms with E-state index in [4.69, 9.17) is 4.74 Å². The van der Waals surface area contributed by atoms with Crippen molar-refractivity contribution in [2.24, 2.45) is 7.05 Å². The van der Waals surface area contributed by atoms with Gasteiger partial charge in [0.05, 0.1) is 30.8 Å². The lowest BCUT2D eigenvalue weighted by atomic mass is 10.2. The maximum atomic E-state index is 5.42. The minimum absolute atomic E-state index is 0.787. The van der Waals surface area contributed by atoms with E-state index in [1.165, 1.54) is 16.9 Å². The van der Waals surface area contributed by atoms with E-state index in [2.05, 4.69) is 39.6 Å². The van der Waals surface area contributed by atoms with Crippen molar-refractivity contribution in [3.63, 3.8) is 0 Å². The van der Waals surface area contributed by atoms with Gasteiger partial charge in [-0.2, -0.15) is 5.10 Å². The molecule has 0 bridgehead atoms. The smallest absolute Gasteiger partial charge is 0.0642 e. The SMILES string of the molecule is Cn1cc(CNc2ccccc2N2CCOCC2)cn1. The second kappa shape index (κ2) is 5.96. The molecule has 0 atom stereocenters. The van der Waals surface area contributed by atoms with Gasteiger partial charge >= 0.3 is 0 Å². The van der Waals surface area contributed by atoms with Crippen LogP contribution in [0.1, 0.15) is 5.56 Å². The van der Waals surface area contributed by atoms with Crippen molar-refractivity contribution in [2.75, 3.05) is 36.5 Å². The topological polar surface area (TPSA) is 42.3 Å². The van der Waals surface area contributed by atoms with Crippen LogP contribution in [0, 0.1) is 0 Å². The van der Waals surface area contributed by atoms with Crippen molar-refractivity contribution in [1.82, 2.24) is 9.78 Å². The van der Waals surface area contributed by atoms with Crippen molar-refractivity contribution >= 4 is 11.4 Å². The molecule has 1 aliphatic rings. The highest BCUT2D eigenvalue weighted by atomic mass is 16.5. The molecule has 5 heteroatoms. The molecule has 106 valence electrons. The summed E-state index contributed by atoms with van der Waals surface area (Å²) in [7, 11) is 1.94. The zero-order chi connectivity index (χ0) is 13.8. The summed E-state index contributed by atoms with van der Waals surface area (Å²) in [4.78, 5) is 2.37. The number of anilines is 2. The molecule has 3 rings (SSSR count). The van der Waals surface area contributed by atoms with Gasteiger partial charge in [-0.15, -0.1) is 0 Å². The fourth-order valence-corrected chi connectivity index (χ4v) is 2.46. The fourth-order valence-electron chi connectivity index (χ4n) is 2.46. The molecular formula is C15H20N4O. The van der Waals surface area contributed by atoms with Gasteiger partial charge in [0, 0.05) is 38.4 Å². The second-order valence-electron chi connectivity index (χ2n) is 4.99. The van der Waals surface area contributed by atoms with Crippen LogP contribution in [0.4, 0.5) is 11.4 Å². The lowest BCUT2D eigenvalue weighted by molar-refractivity contribution is 0.123. The van der Waals surface area contributed by atoms with Crippen molar-refractivity contribution in [1.29, 1.82) is 0 Å². The normalized spacial score (nSPS) is 15.3. The van der Waals surface area contributed by atoms with E-state index in [0.717, 1.165) is 32.8 Å². The lowest BCUT2D eigenvalue weighted by Crippen LogP contribution is -2.36. The molecule has 1 aliphatic heterocycles. The molecule has 2 aromatic rings. The summed E-state index contributed by atoms with van der Waals surface area (Å²) in [5.41, 5.74) is 3.60. The summed E-state index contributed by atoms with van der Waals surface area (Å²) < 4.78 is 7.24. The summed E-state index contributed by atoms with van der Waals surface area (Å²) in [6.07, 6.45) is 3.93. The van der Waals surface area contributed by atoms with Gasteiger partial charge in [0.25, 0.3) is 0 Å². The Labute approximate surface area is 119 Å². The van der Waals surface area contributed by atoms with Crippen molar-refractivity contribution in [3.05, 3.63) is 42.2 Å². The van der Waals surface area contributed by atoms with Crippen molar-refractivity contribution in [2.45, 2.75) is 6.54 Å². The highest BCUT2D eigenvalue weighted by Crippen LogP contribution is 2.26. The zero-order valence-electron chi connectivity index (χ0n) is 11.7. The first-order valence-corrected chi connectivity index (χ1v) is 6.96. The maximum absolute atomic E-state index is 5.42. The molecule has 0 radical (unpaired) electrons. The van der Waals surface area contributed by atoms with Crippen LogP contribution in [0.2, 0.25) is 0 Å². The molecule has 20 heavy (non-hydrogen) atoms. The van der Waals surface area contributed by atoms with Gasteiger partial charge in [0.2, 0.25) is 0 Å². The molecule has 0 amide bonds. The number of nitrogens with one attached hydrogen (secondary N) is 1. The van der Waals surface area contributed by atoms with Crippen molar-refractivity contribution < 1.29 is 4.74 Å². The predicted octanol–water partition coefficient (Wildman–Crippen LogP) is 1.87. The predicted molar refractivity (Wildman–Crippen MR) is 80.0 cm³/mol. The first-order chi connectivity index (χ1) is 9.83. The number of morpholine rings is 1. The van der Waals surface area contributed by atoms with Gasteiger partial charge in [-0.3, -0.25) is 4.68 Å². The van der Waals surface area contributed by atoms with Gasteiger partial charge < -0.3 is 15.0 Å². The molecule has 1 aromatic heterocycles. The number of aryl methyl sites for hydroxylation is 1. The van der Waals surface area contributed by atoms with E-state index in [1.54, 1.807) is 0 Å². The number of nitrogens with zero attached hydrogens (tertiary/aromatic N) is 3. The average molecular weight is 272 g/mol. The van der Waals surface area contributed by atoms with Gasteiger partial charge in [-0.25, -0.2) is 0 Å². The van der Waals surface area contributed by atoms with Crippen LogP contribution in [0.15, 0.2) is 36.7 Å². The molecule has 2 heterocycles. The van der Waals surface area contributed by atoms with Crippen molar-refractivity contribution in [3.8, 4) is 0 Å². The molecule has 1 saturated heterocycles. The highest BCUT2D eigenvalue weighted by Gasteiger charge is 2.14. The molecule has 1 fully saturated rings. The lowest BCUT2D eigenvalue weighted by Gasteiger charge is -2.30. The molecule has 1 aromatic carbocycles. The molecule has 0 saturated carbocycles. The first-order valence-electron chi connectivity index (χ1n) is 6.96. The summed E-state index contributed by atoms with van der Waals surface area (Å²) in [6.45, 7) is 4.29. The molecular weight excluding hydrogens is 252 g/mol. The summed E-state index contributed by atoms with van der Waals surface area (Å²) in [6, 6.07) is 8.44. The molecule has 0 aliphatic carbocycles. The van der Waals surface area contributed by atoms with Crippen LogP contribution in [-0.2, 0) is 18.3 Å². The highest BCUT2D eigenvalue weighted by molar-refractivity contribution is 5.70. The number of hydrogen-bond donors (Lipinski definition) is 1. The largest absolute Gasteiger partial charge is 0.379 e. The van der Waals surface area contributed by atoms with Gasteiger partial charge in [-0.05, 0) is 12.1 Å². The Morgan fingerprint density at radius 2 is 2.05 bits per heavy atom. The average Bonchev–Trinajstić information content (AvgIpc) is 2.92. The third-order valence-corrected chi connectivity index (χ3v) is 3.50. The van der Waals surface area contributed by atoms with Crippen LogP contribution < -0.4 is 10.2 Å². The Morgan fingerprint density at radius 3 is 2.80 bits per heavy atom. The van der Waals surface area contributed by atoms with Crippen LogP contribution >= 0.6 is 0 Å². The number of ether oxygens (including phenoxy) is 1. The Morgan fingerprint density at radius 1 is 1.25 bits per heavy atom. The van der Waals surface area contributed by atoms with E-state index in [-0.39, 0.29) is 0 Å². The Balaban J connectivity index is 1.72. The summed E-state index contributed by atoms with van der Waals surface area (Å²) in [5, 5.41) is 7.70. The van der Waals surface area contributed by atoms with Crippen LogP contribution in [-0.4, -0.2) is 36.1 Å². The first kappa shape index (κ1) is 13.0. The van der Waals surface area contributed by atoms with E-state index in [0.29, 0.717) is 0 Å². The second-order valence-corrected chi connectivity index (χ2v) is 4.99. The molecule has 0 spiro atoms. The van der Waals surface area contributed by atoms with Crippen LogP contribution in [0.3, 0.4) is 0 Å². The Bertz CT molecular complexity index is 561. The standard InChI is InChI=1S/C15H20N4O/c1-18-12-13(11-17-18)10-16-14-4-2-3-5-15(14)19-6-8-20-9-7-19/h2-5,11-12,16H,6-10H2,1H3. The minimum Gasteiger partial charge on any atom is -0.379 e. The molecule has 5 nitrogen and oxygen atoms in total. The number of benzene rings is 1. The maximum Gasteiger partial charge on any atom is 0.0642 e. The number of aromatic nitrogens is 2. The number of hydrogen-bond acceptors (Lipinski definition) is 4. The third-order valence-electron chi connectivity index (χ3n) is 3.50. The van der Waals surface area contributed by atoms with Crippen LogP contribution in [0.25, 0.3) is 0 Å². The Kier molecular flexibility index (Phi) is 3.87. The summed E-state index contributed by atoms with van der Waals surface area (Å²) in [5.74, 6) is 0. The monoisotopic (exact) mass is 272 g/mol. The quantitative estimate of drug-likeness (QED) is 0.922. The Hall–Kier alpha value is -2.01. The third kappa shape index (κ3) is 2.93. The van der Waals surface area contributed by atoms with Gasteiger partial charge in [0.1, 0.15) is 0 Å². The number of rotatable bonds is 4. The zero-order valence-corrected chi connectivity index (χ0v) is 11.7. The van der Waals surface area contributed by atoms with E-state index >= 15 is 0 Å². The van der Waals surface area contributed by atoms with E-state index < -0.39 is 0 Å².